The summed E-state index contributed by atoms with van der Waals surface area (Å²) in [7, 11) is 4.70. The summed E-state index contributed by atoms with van der Waals surface area (Å²) < 4.78 is 20.8. The van der Waals surface area contributed by atoms with Gasteiger partial charge in [0.15, 0.2) is 18.1 Å². The molecule has 2 rings (SSSR count). The summed E-state index contributed by atoms with van der Waals surface area (Å²) in [4.78, 5) is 24.0. The van der Waals surface area contributed by atoms with E-state index in [2.05, 4.69) is 5.32 Å². The number of benzene rings is 2. The van der Waals surface area contributed by atoms with Crippen LogP contribution in [-0.2, 0) is 27.2 Å². The topological polar surface area (TPSA) is 83.1 Å². The number of nitrogens with one attached hydrogen (secondary N) is 1. The molecule has 0 bridgehead atoms. The summed E-state index contributed by atoms with van der Waals surface area (Å²) in [6.45, 7) is 2.02. The first-order chi connectivity index (χ1) is 14.0. The molecule has 0 unspecified atom stereocenters. The van der Waals surface area contributed by atoms with Crippen LogP contribution in [0.1, 0.15) is 16.7 Å². The van der Waals surface area contributed by atoms with Crippen LogP contribution in [0.25, 0.3) is 0 Å². The average Bonchev–Trinajstić information content (AvgIpc) is 2.72. The Morgan fingerprint density at radius 2 is 1.59 bits per heavy atom. The molecule has 0 atom stereocenters. The lowest BCUT2D eigenvalue weighted by Crippen LogP contribution is -2.30. The number of carbonyl (C=O) groups excluding carboxylic acids is 2. The molecule has 0 fully saturated rings. The van der Waals surface area contributed by atoms with Gasteiger partial charge >= 0.3 is 5.97 Å². The van der Waals surface area contributed by atoms with Crippen LogP contribution in [0.15, 0.2) is 36.4 Å². The summed E-state index contributed by atoms with van der Waals surface area (Å²) in [6, 6.07) is 11.2. The molecule has 1 N–H and O–H groups in total. The van der Waals surface area contributed by atoms with Crippen molar-refractivity contribution in [1.82, 2.24) is 5.32 Å². The van der Waals surface area contributed by atoms with Crippen LogP contribution >= 0.6 is 0 Å². The number of carbonyl (C=O) groups is 2. The van der Waals surface area contributed by atoms with Crippen molar-refractivity contribution < 1.29 is 28.5 Å². The standard InChI is InChI=1S/C22H27NO6/c1-15-5-7-18(26-2)17(11-15)13-22(25)29-14-21(24)23-10-9-16-6-8-19(27-3)20(12-16)28-4/h5-8,11-12H,9-10,13-14H2,1-4H3,(H,23,24). The fourth-order valence-corrected chi connectivity index (χ4v) is 2.83. The van der Waals surface area contributed by atoms with Gasteiger partial charge in [0.25, 0.3) is 5.91 Å². The molecule has 0 aromatic heterocycles. The minimum atomic E-state index is -0.482. The molecule has 0 radical (unpaired) electrons. The lowest BCUT2D eigenvalue weighted by Gasteiger charge is -2.11. The fourth-order valence-electron chi connectivity index (χ4n) is 2.83. The van der Waals surface area contributed by atoms with Gasteiger partial charge in [0, 0.05) is 12.1 Å². The second kappa shape index (κ2) is 10.9. The van der Waals surface area contributed by atoms with E-state index in [0.29, 0.717) is 30.2 Å². The number of methoxy groups -OCH3 is 3. The predicted molar refractivity (Wildman–Crippen MR) is 109 cm³/mol. The normalized spacial score (nSPS) is 10.2. The highest BCUT2D eigenvalue weighted by Gasteiger charge is 2.12. The van der Waals surface area contributed by atoms with Crippen molar-refractivity contribution in [1.29, 1.82) is 0 Å². The van der Waals surface area contributed by atoms with Gasteiger partial charge in [0.2, 0.25) is 0 Å². The maximum absolute atomic E-state index is 12.0. The van der Waals surface area contributed by atoms with Crippen LogP contribution in [0.2, 0.25) is 0 Å². The molecule has 7 heteroatoms. The van der Waals surface area contributed by atoms with E-state index < -0.39 is 5.97 Å². The Hall–Kier alpha value is -3.22. The molecular weight excluding hydrogens is 374 g/mol. The minimum absolute atomic E-state index is 0.0454. The molecule has 7 nitrogen and oxygen atoms in total. The zero-order chi connectivity index (χ0) is 21.2. The molecule has 2 aromatic carbocycles. The van der Waals surface area contributed by atoms with E-state index >= 15 is 0 Å². The molecular formula is C22H27NO6. The zero-order valence-electron chi connectivity index (χ0n) is 17.2. The quantitative estimate of drug-likeness (QED) is 0.616. The Morgan fingerprint density at radius 1 is 0.897 bits per heavy atom. The Labute approximate surface area is 170 Å². The van der Waals surface area contributed by atoms with Gasteiger partial charge in [-0.05, 0) is 37.1 Å². The number of ether oxygens (including phenoxy) is 4. The highest BCUT2D eigenvalue weighted by atomic mass is 16.5. The molecule has 0 heterocycles. The van der Waals surface area contributed by atoms with Gasteiger partial charge < -0.3 is 24.3 Å². The van der Waals surface area contributed by atoms with Crippen LogP contribution in [-0.4, -0.2) is 46.4 Å². The Morgan fingerprint density at radius 3 is 2.28 bits per heavy atom. The van der Waals surface area contributed by atoms with Crippen LogP contribution in [0.3, 0.4) is 0 Å². The van der Waals surface area contributed by atoms with Crippen LogP contribution < -0.4 is 19.5 Å². The van der Waals surface area contributed by atoms with Gasteiger partial charge in [-0.1, -0.05) is 23.8 Å². The predicted octanol–water partition coefficient (Wildman–Crippen LogP) is 2.47. The summed E-state index contributed by atoms with van der Waals surface area (Å²) >= 11 is 0. The Kier molecular flexibility index (Phi) is 8.33. The number of hydrogen-bond donors (Lipinski definition) is 1. The molecule has 0 saturated carbocycles. The third kappa shape index (κ3) is 6.71. The molecule has 0 aliphatic heterocycles. The number of rotatable bonds is 10. The SMILES string of the molecule is COc1ccc(C)cc1CC(=O)OCC(=O)NCCc1ccc(OC)c(OC)c1. The first-order valence-corrected chi connectivity index (χ1v) is 9.23. The number of hydrogen-bond acceptors (Lipinski definition) is 6. The van der Waals surface area contributed by atoms with Gasteiger partial charge in [-0.2, -0.15) is 0 Å². The molecule has 0 aliphatic rings. The minimum Gasteiger partial charge on any atom is -0.496 e. The first kappa shape index (κ1) is 22.1. The van der Waals surface area contributed by atoms with E-state index in [1.807, 2.05) is 37.3 Å². The maximum atomic E-state index is 12.0. The molecule has 156 valence electrons. The lowest BCUT2D eigenvalue weighted by atomic mass is 10.1. The van der Waals surface area contributed by atoms with Crippen molar-refractivity contribution in [3.05, 3.63) is 53.1 Å². The van der Waals surface area contributed by atoms with E-state index in [-0.39, 0.29) is 18.9 Å². The van der Waals surface area contributed by atoms with Gasteiger partial charge in [0.05, 0.1) is 27.8 Å². The molecule has 0 aliphatic carbocycles. The summed E-state index contributed by atoms with van der Waals surface area (Å²) in [5.41, 5.74) is 2.74. The van der Waals surface area contributed by atoms with Crippen molar-refractivity contribution in [2.45, 2.75) is 19.8 Å². The van der Waals surface area contributed by atoms with Crippen molar-refractivity contribution >= 4 is 11.9 Å². The van der Waals surface area contributed by atoms with Gasteiger partial charge in [-0.25, -0.2) is 0 Å². The summed E-state index contributed by atoms with van der Waals surface area (Å²) in [5, 5.41) is 2.74. The molecule has 2 aromatic rings. The summed E-state index contributed by atoms with van der Waals surface area (Å²) in [6.07, 6.45) is 0.657. The molecule has 0 spiro atoms. The van der Waals surface area contributed by atoms with Crippen molar-refractivity contribution in [2.24, 2.45) is 0 Å². The van der Waals surface area contributed by atoms with Crippen LogP contribution in [0, 0.1) is 6.92 Å². The van der Waals surface area contributed by atoms with Gasteiger partial charge in [-0.15, -0.1) is 0 Å². The second-order valence-electron chi connectivity index (χ2n) is 6.44. The average molecular weight is 401 g/mol. The van der Waals surface area contributed by atoms with Crippen molar-refractivity contribution in [3.63, 3.8) is 0 Å². The monoisotopic (exact) mass is 401 g/mol. The summed E-state index contributed by atoms with van der Waals surface area (Å²) in [5.74, 6) is 1.07. The number of amides is 1. The molecule has 1 amide bonds. The highest BCUT2D eigenvalue weighted by Crippen LogP contribution is 2.27. The van der Waals surface area contributed by atoms with E-state index in [1.54, 1.807) is 27.4 Å². The van der Waals surface area contributed by atoms with E-state index in [9.17, 15) is 9.59 Å². The molecule has 0 saturated heterocycles. The van der Waals surface area contributed by atoms with Gasteiger partial charge in [-0.3, -0.25) is 9.59 Å². The number of esters is 1. The van der Waals surface area contributed by atoms with E-state index in [1.165, 1.54) is 0 Å². The smallest absolute Gasteiger partial charge is 0.310 e. The second-order valence-corrected chi connectivity index (χ2v) is 6.44. The Bertz CT molecular complexity index is 849. The third-order valence-corrected chi connectivity index (χ3v) is 4.32. The largest absolute Gasteiger partial charge is 0.496 e. The van der Waals surface area contributed by atoms with Crippen LogP contribution in [0.4, 0.5) is 0 Å². The fraction of sp³-hybridized carbons (Fsp3) is 0.364. The van der Waals surface area contributed by atoms with Crippen molar-refractivity contribution in [3.8, 4) is 17.2 Å². The molecule has 29 heavy (non-hydrogen) atoms. The lowest BCUT2D eigenvalue weighted by molar-refractivity contribution is -0.147. The van der Waals surface area contributed by atoms with Gasteiger partial charge in [0.1, 0.15) is 5.75 Å². The maximum Gasteiger partial charge on any atom is 0.310 e. The van der Waals surface area contributed by atoms with E-state index in [0.717, 1.165) is 16.7 Å². The first-order valence-electron chi connectivity index (χ1n) is 9.23. The zero-order valence-corrected chi connectivity index (χ0v) is 17.2. The Balaban J connectivity index is 1.76. The third-order valence-electron chi connectivity index (χ3n) is 4.32. The van der Waals surface area contributed by atoms with Crippen LogP contribution in [0.5, 0.6) is 17.2 Å². The highest BCUT2D eigenvalue weighted by molar-refractivity contribution is 5.81. The van der Waals surface area contributed by atoms with Crippen molar-refractivity contribution in [2.75, 3.05) is 34.5 Å². The number of aryl methyl sites for hydroxylation is 1. The van der Waals surface area contributed by atoms with E-state index in [4.69, 9.17) is 18.9 Å².